The highest BCUT2D eigenvalue weighted by Crippen LogP contribution is 2.20. The zero-order chi connectivity index (χ0) is 12.4. The predicted octanol–water partition coefficient (Wildman–Crippen LogP) is 1.76. The van der Waals surface area contributed by atoms with Crippen LogP contribution in [0.25, 0.3) is 5.52 Å². The molecule has 5 nitrogen and oxygen atoms in total. The van der Waals surface area contributed by atoms with Gasteiger partial charge in [0.1, 0.15) is 17.9 Å². The molecule has 2 aromatic heterocycles. The third-order valence-corrected chi connectivity index (χ3v) is 3.08. The SMILES string of the molecule is N#Cc1cnn2cc(OC3CCOCC3)ccc12. The van der Waals surface area contributed by atoms with Gasteiger partial charge in [-0.3, -0.25) is 0 Å². The minimum absolute atomic E-state index is 0.210. The molecule has 0 radical (unpaired) electrons. The summed E-state index contributed by atoms with van der Waals surface area (Å²) in [6.45, 7) is 1.51. The van der Waals surface area contributed by atoms with E-state index in [0.717, 1.165) is 37.3 Å². The average molecular weight is 243 g/mol. The van der Waals surface area contributed by atoms with Gasteiger partial charge in [-0.05, 0) is 12.1 Å². The van der Waals surface area contributed by atoms with Crippen molar-refractivity contribution in [2.75, 3.05) is 13.2 Å². The molecule has 0 atom stereocenters. The van der Waals surface area contributed by atoms with Gasteiger partial charge >= 0.3 is 0 Å². The Morgan fingerprint density at radius 3 is 3.00 bits per heavy atom. The van der Waals surface area contributed by atoms with Gasteiger partial charge in [-0.15, -0.1) is 0 Å². The van der Waals surface area contributed by atoms with E-state index < -0.39 is 0 Å². The van der Waals surface area contributed by atoms with Crippen LogP contribution in [0.1, 0.15) is 18.4 Å². The van der Waals surface area contributed by atoms with Gasteiger partial charge in [0.2, 0.25) is 0 Å². The van der Waals surface area contributed by atoms with Gasteiger partial charge in [-0.25, -0.2) is 4.52 Å². The normalized spacial score (nSPS) is 16.6. The molecular formula is C13H13N3O2. The van der Waals surface area contributed by atoms with Crippen LogP contribution in [0.5, 0.6) is 5.75 Å². The van der Waals surface area contributed by atoms with Gasteiger partial charge in [0.15, 0.2) is 0 Å². The molecule has 5 heteroatoms. The number of nitrogens with zero attached hydrogens (tertiary/aromatic N) is 3. The number of hydrogen-bond donors (Lipinski definition) is 0. The van der Waals surface area contributed by atoms with E-state index in [1.807, 2.05) is 18.3 Å². The Balaban J connectivity index is 1.83. The first-order valence-electron chi connectivity index (χ1n) is 5.99. The number of nitriles is 1. The van der Waals surface area contributed by atoms with Crippen molar-refractivity contribution >= 4 is 5.52 Å². The lowest BCUT2D eigenvalue weighted by atomic mass is 10.1. The smallest absolute Gasteiger partial charge is 0.138 e. The minimum Gasteiger partial charge on any atom is -0.489 e. The molecule has 0 spiro atoms. The van der Waals surface area contributed by atoms with Crippen LogP contribution in [-0.2, 0) is 4.74 Å². The van der Waals surface area contributed by atoms with Gasteiger partial charge in [0.05, 0.1) is 36.7 Å². The molecule has 92 valence electrons. The Kier molecular flexibility index (Phi) is 2.87. The second-order valence-corrected chi connectivity index (χ2v) is 4.29. The van der Waals surface area contributed by atoms with Crippen LogP contribution >= 0.6 is 0 Å². The Hall–Kier alpha value is -2.06. The molecule has 0 N–H and O–H groups in total. The Labute approximate surface area is 105 Å². The fourth-order valence-electron chi connectivity index (χ4n) is 2.11. The van der Waals surface area contributed by atoms with Crippen molar-refractivity contribution in [3.63, 3.8) is 0 Å². The molecule has 0 bridgehead atoms. The molecule has 2 aromatic rings. The van der Waals surface area contributed by atoms with Crippen LogP contribution < -0.4 is 4.74 Å². The molecule has 1 aliphatic heterocycles. The highest BCUT2D eigenvalue weighted by Gasteiger charge is 2.15. The van der Waals surface area contributed by atoms with E-state index in [0.29, 0.717) is 5.56 Å². The second kappa shape index (κ2) is 4.67. The van der Waals surface area contributed by atoms with Crippen molar-refractivity contribution in [1.82, 2.24) is 9.61 Å². The second-order valence-electron chi connectivity index (χ2n) is 4.29. The van der Waals surface area contributed by atoms with Crippen LogP contribution in [0.4, 0.5) is 0 Å². The van der Waals surface area contributed by atoms with Crippen LogP contribution in [-0.4, -0.2) is 28.9 Å². The summed E-state index contributed by atoms with van der Waals surface area (Å²) in [6, 6.07) is 5.85. The van der Waals surface area contributed by atoms with Crippen molar-refractivity contribution in [3.05, 3.63) is 30.1 Å². The average Bonchev–Trinajstić information content (AvgIpc) is 2.82. The zero-order valence-corrected chi connectivity index (χ0v) is 9.87. The van der Waals surface area contributed by atoms with Gasteiger partial charge in [0, 0.05) is 12.8 Å². The standard InChI is InChI=1S/C13H13N3O2/c14-7-10-8-15-16-9-12(1-2-13(10)16)18-11-3-5-17-6-4-11/h1-2,8-9,11H,3-6H2. The zero-order valence-electron chi connectivity index (χ0n) is 9.87. The maximum Gasteiger partial charge on any atom is 0.138 e. The third kappa shape index (κ3) is 2.03. The van der Waals surface area contributed by atoms with E-state index >= 15 is 0 Å². The highest BCUT2D eigenvalue weighted by atomic mass is 16.5. The molecule has 3 heterocycles. The molecular weight excluding hydrogens is 230 g/mol. The molecule has 0 amide bonds. The fourth-order valence-corrected chi connectivity index (χ4v) is 2.11. The number of rotatable bonds is 2. The summed E-state index contributed by atoms with van der Waals surface area (Å²) < 4.78 is 12.8. The van der Waals surface area contributed by atoms with E-state index in [9.17, 15) is 0 Å². The van der Waals surface area contributed by atoms with Gasteiger partial charge < -0.3 is 9.47 Å². The van der Waals surface area contributed by atoms with E-state index in [2.05, 4.69) is 11.2 Å². The molecule has 0 unspecified atom stereocenters. The van der Waals surface area contributed by atoms with Crippen LogP contribution in [0.3, 0.4) is 0 Å². The van der Waals surface area contributed by atoms with Crippen LogP contribution in [0, 0.1) is 11.3 Å². The largest absolute Gasteiger partial charge is 0.489 e. The van der Waals surface area contributed by atoms with Crippen LogP contribution in [0.15, 0.2) is 24.5 Å². The van der Waals surface area contributed by atoms with E-state index in [-0.39, 0.29) is 6.10 Å². The summed E-state index contributed by atoms with van der Waals surface area (Å²) in [5.41, 5.74) is 1.38. The van der Waals surface area contributed by atoms with E-state index in [4.69, 9.17) is 14.7 Å². The first kappa shape index (κ1) is 11.1. The third-order valence-electron chi connectivity index (χ3n) is 3.08. The fraction of sp³-hybridized carbons (Fsp3) is 0.385. The monoisotopic (exact) mass is 243 g/mol. The van der Waals surface area contributed by atoms with E-state index in [1.165, 1.54) is 0 Å². The van der Waals surface area contributed by atoms with E-state index in [1.54, 1.807) is 10.7 Å². The lowest BCUT2D eigenvalue weighted by Crippen LogP contribution is -2.25. The lowest BCUT2D eigenvalue weighted by molar-refractivity contribution is 0.0254. The van der Waals surface area contributed by atoms with Crippen LogP contribution in [0.2, 0.25) is 0 Å². The predicted molar refractivity (Wildman–Crippen MR) is 64.4 cm³/mol. The summed E-state index contributed by atoms with van der Waals surface area (Å²) in [4.78, 5) is 0. The quantitative estimate of drug-likeness (QED) is 0.806. The van der Waals surface area contributed by atoms with Crippen molar-refractivity contribution in [2.24, 2.45) is 0 Å². The number of pyridine rings is 1. The Bertz CT molecular complexity index is 594. The topological polar surface area (TPSA) is 59.6 Å². The summed E-state index contributed by atoms with van der Waals surface area (Å²) in [5, 5.41) is 13.0. The van der Waals surface area contributed by atoms with Crippen molar-refractivity contribution in [1.29, 1.82) is 5.26 Å². The van der Waals surface area contributed by atoms with Crippen molar-refractivity contribution < 1.29 is 9.47 Å². The number of hydrogen-bond acceptors (Lipinski definition) is 4. The first-order chi connectivity index (χ1) is 8.86. The summed E-state index contributed by atoms with van der Waals surface area (Å²) in [5.74, 6) is 0.780. The maximum absolute atomic E-state index is 8.91. The summed E-state index contributed by atoms with van der Waals surface area (Å²) in [7, 11) is 0. The Morgan fingerprint density at radius 2 is 2.22 bits per heavy atom. The van der Waals surface area contributed by atoms with Crippen molar-refractivity contribution in [2.45, 2.75) is 18.9 Å². The molecule has 18 heavy (non-hydrogen) atoms. The van der Waals surface area contributed by atoms with Gasteiger partial charge in [0.25, 0.3) is 0 Å². The molecule has 0 saturated carbocycles. The minimum atomic E-state index is 0.210. The number of ether oxygens (including phenoxy) is 2. The molecule has 3 rings (SSSR count). The molecule has 0 aromatic carbocycles. The van der Waals surface area contributed by atoms with Gasteiger partial charge in [-0.1, -0.05) is 0 Å². The maximum atomic E-state index is 8.91. The number of fused-ring (bicyclic) bond motifs is 1. The lowest BCUT2D eigenvalue weighted by Gasteiger charge is -2.23. The highest BCUT2D eigenvalue weighted by molar-refractivity contribution is 5.60. The molecule has 1 fully saturated rings. The molecule has 0 aliphatic carbocycles. The number of aromatic nitrogens is 2. The molecule has 1 saturated heterocycles. The summed E-state index contributed by atoms with van der Waals surface area (Å²) in [6.07, 6.45) is 5.42. The molecule has 1 aliphatic rings. The van der Waals surface area contributed by atoms with Gasteiger partial charge in [-0.2, -0.15) is 10.4 Å². The summed E-state index contributed by atoms with van der Waals surface area (Å²) >= 11 is 0. The Morgan fingerprint density at radius 1 is 1.39 bits per heavy atom. The van der Waals surface area contributed by atoms with Crippen molar-refractivity contribution in [3.8, 4) is 11.8 Å². The first-order valence-corrected chi connectivity index (χ1v) is 5.99.